The monoisotopic (exact) mass is 567 g/mol. The van der Waals surface area contributed by atoms with E-state index in [1.807, 2.05) is 71.6 Å². The number of likely N-dealkylation sites (tertiary alicyclic amines) is 1. The van der Waals surface area contributed by atoms with Gasteiger partial charge < -0.3 is 4.90 Å². The highest BCUT2D eigenvalue weighted by atomic mass is 35.5. The maximum atomic E-state index is 13.7. The molecule has 188 valence electrons. The molecule has 0 unspecified atom stereocenters. The summed E-state index contributed by atoms with van der Waals surface area (Å²) in [6, 6.07) is 24.8. The van der Waals surface area contributed by atoms with Crippen LogP contribution in [0.25, 0.3) is 21.6 Å². The van der Waals surface area contributed by atoms with Gasteiger partial charge in [-0.3, -0.25) is 9.59 Å². The van der Waals surface area contributed by atoms with Crippen LogP contribution in [0.15, 0.2) is 78.9 Å². The first-order valence-corrected chi connectivity index (χ1v) is 13.9. The molecule has 0 radical (unpaired) electrons. The van der Waals surface area contributed by atoms with Gasteiger partial charge in [0.25, 0.3) is 5.91 Å². The van der Waals surface area contributed by atoms with Crippen LogP contribution in [-0.2, 0) is 10.2 Å². The molecular formula is C30H24Cl3NO2S. The third-order valence-corrected chi connectivity index (χ3v) is 9.13. The summed E-state index contributed by atoms with van der Waals surface area (Å²) < 4.78 is 0. The lowest BCUT2D eigenvalue weighted by atomic mass is 9.70. The summed E-state index contributed by atoms with van der Waals surface area (Å²) in [6.45, 7) is 2.68. The Kier molecular flexibility index (Phi) is 7.46. The molecule has 0 bridgehead atoms. The minimum Gasteiger partial charge on any atom is -0.338 e. The number of carbonyl (C=O) groups excluding carboxylic acids is 2. The molecule has 1 amide bonds. The minimum atomic E-state index is -0.552. The Balaban J connectivity index is 1.47. The molecule has 4 aromatic rings. The van der Waals surface area contributed by atoms with Crippen LogP contribution >= 0.6 is 46.1 Å². The number of Topliss-reactive ketones (excluding diaryl/α,β-unsaturated/α-hetero) is 1. The predicted octanol–water partition coefficient (Wildman–Crippen LogP) is 8.81. The molecule has 3 nitrogen and oxygen atoms in total. The highest BCUT2D eigenvalue weighted by molar-refractivity contribution is 7.18. The standard InChI is InChI=1S/C30H24Cl3NO2S/c1-19(35)30(21-5-3-2-4-6-21)13-15-34(16-14-30)29(36)27-18-25(20-7-9-22(31)10-8-20)28(37-27)24-12-11-23(32)17-26(24)33/h2-12,17-18H,13-16H2,1H3. The van der Waals surface area contributed by atoms with Gasteiger partial charge in [-0.05, 0) is 61.2 Å². The molecule has 2 heterocycles. The van der Waals surface area contributed by atoms with Crippen LogP contribution in [0.2, 0.25) is 15.1 Å². The number of halogens is 3. The van der Waals surface area contributed by atoms with Gasteiger partial charge in [0, 0.05) is 39.1 Å². The van der Waals surface area contributed by atoms with Crippen LogP contribution in [0, 0.1) is 0 Å². The molecule has 1 fully saturated rings. The van der Waals surface area contributed by atoms with Crippen LogP contribution in [0.3, 0.4) is 0 Å². The van der Waals surface area contributed by atoms with E-state index in [1.54, 1.807) is 19.1 Å². The van der Waals surface area contributed by atoms with Crippen molar-refractivity contribution >= 4 is 57.8 Å². The first-order valence-electron chi connectivity index (χ1n) is 12.0. The summed E-state index contributed by atoms with van der Waals surface area (Å²) in [5.41, 5.74) is 3.14. The third-order valence-electron chi connectivity index (χ3n) is 7.18. The van der Waals surface area contributed by atoms with Crippen molar-refractivity contribution in [1.29, 1.82) is 0 Å². The molecule has 3 aromatic carbocycles. The van der Waals surface area contributed by atoms with Crippen molar-refractivity contribution in [3.63, 3.8) is 0 Å². The van der Waals surface area contributed by atoms with Gasteiger partial charge in [0.2, 0.25) is 0 Å². The molecule has 7 heteroatoms. The molecule has 37 heavy (non-hydrogen) atoms. The molecule has 1 aromatic heterocycles. The number of hydrogen-bond acceptors (Lipinski definition) is 3. The van der Waals surface area contributed by atoms with Gasteiger partial charge in [-0.25, -0.2) is 0 Å². The van der Waals surface area contributed by atoms with Crippen molar-refractivity contribution in [1.82, 2.24) is 4.90 Å². The lowest BCUT2D eigenvalue weighted by molar-refractivity contribution is -0.124. The Labute approximate surface area is 235 Å². The maximum Gasteiger partial charge on any atom is 0.263 e. The zero-order valence-electron chi connectivity index (χ0n) is 20.1. The van der Waals surface area contributed by atoms with Crippen molar-refractivity contribution in [2.24, 2.45) is 0 Å². The summed E-state index contributed by atoms with van der Waals surface area (Å²) in [5.74, 6) is 0.105. The number of thiophene rings is 1. The van der Waals surface area contributed by atoms with Gasteiger partial charge in [-0.2, -0.15) is 0 Å². The van der Waals surface area contributed by atoms with E-state index in [0.29, 0.717) is 45.9 Å². The fraction of sp³-hybridized carbons (Fsp3) is 0.200. The van der Waals surface area contributed by atoms with E-state index < -0.39 is 5.41 Å². The molecule has 5 rings (SSSR count). The van der Waals surface area contributed by atoms with Gasteiger partial charge >= 0.3 is 0 Å². The normalized spacial score (nSPS) is 15.0. The Morgan fingerprint density at radius 1 is 0.811 bits per heavy atom. The second kappa shape index (κ2) is 10.6. The van der Waals surface area contributed by atoms with E-state index in [0.717, 1.165) is 27.1 Å². The molecule has 1 saturated heterocycles. The van der Waals surface area contributed by atoms with Crippen LogP contribution < -0.4 is 0 Å². The van der Waals surface area contributed by atoms with Gasteiger partial charge in [0.15, 0.2) is 0 Å². The van der Waals surface area contributed by atoms with E-state index in [4.69, 9.17) is 34.8 Å². The Hall–Kier alpha value is -2.63. The quantitative estimate of drug-likeness (QED) is 0.241. The molecule has 1 aliphatic heterocycles. The van der Waals surface area contributed by atoms with Crippen LogP contribution in [0.1, 0.15) is 35.0 Å². The van der Waals surface area contributed by atoms with Gasteiger partial charge in [0.05, 0.1) is 15.3 Å². The number of nitrogens with zero attached hydrogens (tertiary/aromatic N) is 1. The molecule has 0 aliphatic carbocycles. The highest BCUT2D eigenvalue weighted by Crippen LogP contribution is 2.44. The second-order valence-corrected chi connectivity index (χ2v) is 11.6. The summed E-state index contributed by atoms with van der Waals surface area (Å²) >= 11 is 20.3. The molecule has 1 aliphatic rings. The first-order chi connectivity index (χ1) is 17.8. The van der Waals surface area contributed by atoms with Crippen LogP contribution in [-0.4, -0.2) is 29.7 Å². The number of benzene rings is 3. The number of ketones is 1. The average molecular weight is 569 g/mol. The van der Waals surface area contributed by atoms with Crippen molar-refractivity contribution in [3.05, 3.63) is 104 Å². The smallest absolute Gasteiger partial charge is 0.263 e. The van der Waals surface area contributed by atoms with Crippen molar-refractivity contribution in [3.8, 4) is 21.6 Å². The molecule has 0 spiro atoms. The van der Waals surface area contributed by atoms with E-state index >= 15 is 0 Å². The molecule has 0 N–H and O–H groups in total. The number of rotatable bonds is 5. The van der Waals surface area contributed by atoms with Crippen molar-refractivity contribution in [2.75, 3.05) is 13.1 Å². The van der Waals surface area contributed by atoms with Gasteiger partial charge in [-0.15, -0.1) is 11.3 Å². The van der Waals surface area contributed by atoms with Crippen LogP contribution in [0.4, 0.5) is 0 Å². The summed E-state index contributed by atoms with van der Waals surface area (Å²) in [4.78, 5) is 29.9. The summed E-state index contributed by atoms with van der Waals surface area (Å²) in [5, 5.41) is 1.72. The Morgan fingerprint density at radius 2 is 1.46 bits per heavy atom. The van der Waals surface area contributed by atoms with E-state index in [2.05, 4.69) is 0 Å². The Morgan fingerprint density at radius 3 is 2.08 bits per heavy atom. The topological polar surface area (TPSA) is 37.4 Å². The zero-order chi connectivity index (χ0) is 26.2. The number of amides is 1. The Bertz CT molecular complexity index is 1460. The third kappa shape index (κ3) is 5.08. The minimum absolute atomic E-state index is 0.0400. The highest BCUT2D eigenvalue weighted by Gasteiger charge is 2.41. The molecular weight excluding hydrogens is 545 g/mol. The second-order valence-electron chi connectivity index (χ2n) is 9.28. The SMILES string of the molecule is CC(=O)C1(c2ccccc2)CCN(C(=O)c2cc(-c3ccc(Cl)cc3)c(-c3ccc(Cl)cc3Cl)s2)CC1. The predicted molar refractivity (Wildman–Crippen MR) is 154 cm³/mol. The fourth-order valence-corrected chi connectivity index (χ4v) is 6.94. The molecule has 0 saturated carbocycles. The number of carbonyl (C=O) groups is 2. The number of hydrogen-bond donors (Lipinski definition) is 0. The first kappa shape index (κ1) is 26.0. The average Bonchev–Trinajstić information content (AvgIpc) is 3.34. The maximum absolute atomic E-state index is 13.7. The summed E-state index contributed by atoms with van der Waals surface area (Å²) in [6.07, 6.45) is 1.20. The lowest BCUT2D eigenvalue weighted by Crippen LogP contribution is -2.48. The van der Waals surface area contributed by atoms with E-state index in [9.17, 15) is 9.59 Å². The van der Waals surface area contributed by atoms with E-state index in [-0.39, 0.29) is 11.7 Å². The fourth-order valence-electron chi connectivity index (χ4n) is 5.06. The van der Waals surface area contributed by atoms with Crippen molar-refractivity contribution < 1.29 is 9.59 Å². The van der Waals surface area contributed by atoms with E-state index in [1.165, 1.54) is 11.3 Å². The lowest BCUT2D eigenvalue weighted by Gasteiger charge is -2.40. The van der Waals surface area contributed by atoms with Gasteiger partial charge in [0.1, 0.15) is 5.78 Å². The van der Waals surface area contributed by atoms with Gasteiger partial charge in [-0.1, -0.05) is 83.3 Å². The zero-order valence-corrected chi connectivity index (χ0v) is 23.2. The largest absolute Gasteiger partial charge is 0.338 e. The summed E-state index contributed by atoms with van der Waals surface area (Å²) in [7, 11) is 0. The van der Waals surface area contributed by atoms with Crippen LogP contribution in [0.5, 0.6) is 0 Å². The van der Waals surface area contributed by atoms with Crippen molar-refractivity contribution in [2.45, 2.75) is 25.2 Å². The number of piperidine rings is 1. The molecule has 0 atom stereocenters.